The Kier molecular flexibility index (Phi) is 3.14. The fourth-order valence-electron chi connectivity index (χ4n) is 4.58. The molecule has 1 aliphatic heterocycles. The maximum absolute atomic E-state index is 12.8. The smallest absolute Gasteiger partial charge is 0.259 e. The number of amides is 2. The Balaban J connectivity index is 1.94. The summed E-state index contributed by atoms with van der Waals surface area (Å²) in [5, 5.41) is 15.9. The van der Waals surface area contributed by atoms with Gasteiger partial charge in [-0.3, -0.25) is 19.9 Å². The molecule has 29 heavy (non-hydrogen) atoms. The van der Waals surface area contributed by atoms with Crippen molar-refractivity contribution in [3.8, 4) is 0 Å². The average Bonchev–Trinajstić information content (AvgIpc) is 3.26. The van der Waals surface area contributed by atoms with Crippen molar-refractivity contribution in [2.45, 2.75) is 6.42 Å². The molecule has 0 bridgehead atoms. The first-order valence-corrected chi connectivity index (χ1v) is 9.42. The first kappa shape index (κ1) is 16.2. The number of hydrogen-bond donors (Lipinski definition) is 3. The van der Waals surface area contributed by atoms with Crippen LogP contribution in [0.3, 0.4) is 0 Å². The number of imide groups is 1. The number of nitrogens with zero attached hydrogens (tertiary/aromatic N) is 1. The molecule has 3 N–H and O–H groups in total. The van der Waals surface area contributed by atoms with Gasteiger partial charge in [-0.05, 0) is 17.4 Å². The molecule has 0 unspecified atom stereocenters. The van der Waals surface area contributed by atoms with Gasteiger partial charge in [0.05, 0.1) is 22.2 Å². The van der Waals surface area contributed by atoms with Crippen molar-refractivity contribution in [3.05, 3.63) is 65.4 Å². The maximum Gasteiger partial charge on any atom is 0.259 e. The van der Waals surface area contributed by atoms with Crippen molar-refractivity contribution in [2.24, 2.45) is 0 Å². The number of H-pyrrole nitrogens is 1. The van der Waals surface area contributed by atoms with E-state index < -0.39 is 11.8 Å². The Labute approximate surface area is 164 Å². The molecule has 6 heteroatoms. The molecule has 0 spiro atoms. The normalized spacial score (nSPS) is 13.7. The monoisotopic (exact) mass is 381 g/mol. The van der Waals surface area contributed by atoms with Crippen molar-refractivity contribution in [1.82, 2.24) is 15.3 Å². The van der Waals surface area contributed by atoms with E-state index >= 15 is 0 Å². The van der Waals surface area contributed by atoms with E-state index in [1.165, 1.54) is 0 Å². The van der Waals surface area contributed by atoms with Crippen molar-refractivity contribution in [1.29, 1.82) is 0 Å². The van der Waals surface area contributed by atoms with Gasteiger partial charge in [-0.2, -0.15) is 0 Å². The summed E-state index contributed by atoms with van der Waals surface area (Å²) in [5.41, 5.74) is 3.98. The predicted octanol–water partition coefficient (Wildman–Crippen LogP) is 3.44. The molecule has 3 aromatic carbocycles. The number of aromatic amines is 1. The molecule has 140 valence electrons. The fraction of sp³-hybridized carbons (Fsp3) is 0.0870. The quantitative estimate of drug-likeness (QED) is 0.322. The molecule has 6 nitrogen and oxygen atoms in total. The van der Waals surface area contributed by atoms with Crippen molar-refractivity contribution >= 4 is 55.3 Å². The Hall–Kier alpha value is -3.77. The SMILES string of the molecule is O=C1NC(=O)c2c1c1c3ccccc3cnc1c1[nH]c3c(CCO)cccc3c21. The molecule has 0 aliphatic carbocycles. The molecular weight excluding hydrogens is 366 g/mol. The molecule has 3 heterocycles. The van der Waals surface area contributed by atoms with Gasteiger partial charge >= 0.3 is 0 Å². The summed E-state index contributed by atoms with van der Waals surface area (Å²) in [6, 6.07) is 13.5. The van der Waals surface area contributed by atoms with Gasteiger partial charge in [0.25, 0.3) is 11.8 Å². The summed E-state index contributed by atoms with van der Waals surface area (Å²) in [6.45, 7) is 0.0230. The molecule has 0 saturated heterocycles. The van der Waals surface area contributed by atoms with E-state index in [0.29, 0.717) is 33.8 Å². The average molecular weight is 381 g/mol. The number of benzene rings is 3. The highest BCUT2D eigenvalue weighted by Crippen LogP contribution is 2.41. The van der Waals surface area contributed by atoms with E-state index in [9.17, 15) is 14.7 Å². The number of carbonyl (C=O) groups excluding carboxylic acids is 2. The van der Waals surface area contributed by atoms with Crippen LogP contribution < -0.4 is 5.32 Å². The lowest BCUT2D eigenvalue weighted by Gasteiger charge is -2.08. The van der Waals surface area contributed by atoms with Crippen LogP contribution in [-0.2, 0) is 6.42 Å². The number of para-hydroxylation sites is 1. The van der Waals surface area contributed by atoms with E-state index in [1.807, 2.05) is 42.5 Å². The molecular formula is C23H15N3O3. The van der Waals surface area contributed by atoms with Crippen LogP contribution in [0, 0.1) is 0 Å². The van der Waals surface area contributed by atoms with Crippen LogP contribution in [0.2, 0.25) is 0 Å². The lowest BCUT2D eigenvalue weighted by molar-refractivity contribution is 0.0880. The Morgan fingerprint density at radius 2 is 1.62 bits per heavy atom. The van der Waals surface area contributed by atoms with Gasteiger partial charge in [-0.15, -0.1) is 0 Å². The van der Waals surface area contributed by atoms with Gasteiger partial charge < -0.3 is 10.1 Å². The van der Waals surface area contributed by atoms with Crippen LogP contribution in [0.4, 0.5) is 0 Å². The second kappa shape index (κ2) is 5.62. The van der Waals surface area contributed by atoms with Gasteiger partial charge in [0.15, 0.2) is 0 Å². The molecule has 6 rings (SSSR count). The summed E-state index contributed by atoms with van der Waals surface area (Å²) in [7, 11) is 0. The topological polar surface area (TPSA) is 95.1 Å². The summed E-state index contributed by atoms with van der Waals surface area (Å²) in [6.07, 6.45) is 2.28. The second-order valence-electron chi connectivity index (χ2n) is 7.29. The molecule has 2 amide bonds. The highest BCUT2D eigenvalue weighted by Gasteiger charge is 2.34. The van der Waals surface area contributed by atoms with Crippen LogP contribution in [0.15, 0.2) is 48.7 Å². The number of hydrogen-bond acceptors (Lipinski definition) is 4. The highest BCUT2D eigenvalue weighted by atomic mass is 16.3. The fourth-order valence-corrected chi connectivity index (χ4v) is 4.58. The third-order valence-electron chi connectivity index (χ3n) is 5.77. The standard InChI is InChI=1S/C23H15N3O3/c27-9-8-11-5-3-7-14-16-18-17(22(28)26-23(18)29)15-13-6-2-1-4-12(13)10-24-20(15)21(16)25-19(11)14/h1-7,10,25,27H,8-9H2,(H,26,28,29). The van der Waals surface area contributed by atoms with E-state index in [1.54, 1.807) is 6.20 Å². The summed E-state index contributed by atoms with van der Waals surface area (Å²) in [4.78, 5) is 33.7. The summed E-state index contributed by atoms with van der Waals surface area (Å²) < 4.78 is 0. The highest BCUT2D eigenvalue weighted by molar-refractivity contribution is 6.38. The molecule has 2 aromatic heterocycles. The van der Waals surface area contributed by atoms with Crippen LogP contribution in [-0.4, -0.2) is 33.5 Å². The van der Waals surface area contributed by atoms with Crippen LogP contribution in [0.1, 0.15) is 26.3 Å². The zero-order chi connectivity index (χ0) is 19.7. The Bertz CT molecular complexity index is 1530. The van der Waals surface area contributed by atoms with Crippen LogP contribution >= 0.6 is 0 Å². The molecule has 1 aliphatic rings. The molecule has 0 radical (unpaired) electrons. The van der Waals surface area contributed by atoms with Gasteiger partial charge in [0.1, 0.15) is 0 Å². The van der Waals surface area contributed by atoms with Gasteiger partial charge in [0, 0.05) is 39.9 Å². The number of carbonyl (C=O) groups is 2. The molecule has 0 fully saturated rings. The zero-order valence-corrected chi connectivity index (χ0v) is 15.2. The predicted molar refractivity (Wildman–Crippen MR) is 111 cm³/mol. The van der Waals surface area contributed by atoms with E-state index in [0.717, 1.165) is 32.8 Å². The Morgan fingerprint density at radius 3 is 2.45 bits per heavy atom. The summed E-state index contributed by atoms with van der Waals surface area (Å²) in [5.74, 6) is -0.783. The number of pyridine rings is 1. The minimum Gasteiger partial charge on any atom is -0.396 e. The zero-order valence-electron chi connectivity index (χ0n) is 15.2. The molecule has 5 aromatic rings. The lowest BCUT2D eigenvalue weighted by atomic mass is 9.94. The minimum atomic E-state index is -0.393. The molecule has 0 saturated carbocycles. The van der Waals surface area contributed by atoms with Crippen LogP contribution in [0.25, 0.3) is 43.5 Å². The lowest BCUT2D eigenvalue weighted by Crippen LogP contribution is -2.20. The Morgan fingerprint density at radius 1 is 0.862 bits per heavy atom. The minimum absolute atomic E-state index is 0.0230. The van der Waals surface area contributed by atoms with Gasteiger partial charge in [-0.1, -0.05) is 42.5 Å². The van der Waals surface area contributed by atoms with E-state index in [2.05, 4.69) is 15.3 Å². The van der Waals surface area contributed by atoms with Crippen molar-refractivity contribution in [3.63, 3.8) is 0 Å². The van der Waals surface area contributed by atoms with Gasteiger partial charge in [-0.25, -0.2) is 0 Å². The van der Waals surface area contributed by atoms with Crippen molar-refractivity contribution in [2.75, 3.05) is 6.61 Å². The first-order chi connectivity index (χ1) is 14.2. The number of nitrogens with one attached hydrogen (secondary N) is 2. The number of aliphatic hydroxyl groups excluding tert-OH is 1. The number of aromatic nitrogens is 2. The van der Waals surface area contributed by atoms with Crippen LogP contribution in [0.5, 0.6) is 0 Å². The van der Waals surface area contributed by atoms with E-state index in [-0.39, 0.29) is 6.61 Å². The summed E-state index contributed by atoms with van der Waals surface area (Å²) >= 11 is 0. The number of fused-ring (bicyclic) bond motifs is 10. The largest absolute Gasteiger partial charge is 0.396 e. The number of rotatable bonds is 2. The molecule has 0 atom stereocenters. The number of aliphatic hydroxyl groups is 1. The first-order valence-electron chi connectivity index (χ1n) is 9.42. The van der Waals surface area contributed by atoms with Crippen molar-refractivity contribution < 1.29 is 14.7 Å². The third kappa shape index (κ3) is 2.01. The maximum atomic E-state index is 12.8. The second-order valence-corrected chi connectivity index (χ2v) is 7.29. The van der Waals surface area contributed by atoms with E-state index in [4.69, 9.17) is 0 Å². The third-order valence-corrected chi connectivity index (χ3v) is 5.77. The van der Waals surface area contributed by atoms with Gasteiger partial charge in [0.2, 0.25) is 0 Å².